The van der Waals surface area contributed by atoms with Crippen LogP contribution in [-0.4, -0.2) is 39.4 Å². The standard InChI is InChI=1S/C23H25NO7/c1-14(2)21-18(25)12-16(9-8-15-6-4-3-5-7-15)13-19(21)31-23(30)24-17(22(28)29)10-11-20(26)27/h3-9,12-14,17,25H,10-11H2,1-2H3,(H,24,30)(H,26,27)(H,28,29)/b9-8+. The van der Waals surface area contributed by atoms with Gasteiger partial charge in [-0.2, -0.15) is 0 Å². The fraction of sp³-hybridized carbons (Fsp3) is 0.261. The number of rotatable bonds is 9. The van der Waals surface area contributed by atoms with Crippen LogP contribution in [-0.2, 0) is 9.59 Å². The van der Waals surface area contributed by atoms with Crippen LogP contribution < -0.4 is 10.1 Å². The third kappa shape index (κ3) is 7.18. The maximum absolute atomic E-state index is 12.3. The lowest BCUT2D eigenvalue weighted by molar-refractivity contribution is -0.140. The molecule has 2 aromatic carbocycles. The summed E-state index contributed by atoms with van der Waals surface area (Å²) in [5, 5.41) is 30.6. The minimum atomic E-state index is -1.42. The summed E-state index contributed by atoms with van der Waals surface area (Å²) >= 11 is 0. The monoisotopic (exact) mass is 427 g/mol. The van der Waals surface area contributed by atoms with Gasteiger partial charge in [-0.25, -0.2) is 9.59 Å². The van der Waals surface area contributed by atoms with Gasteiger partial charge in [-0.05, 0) is 35.6 Å². The maximum Gasteiger partial charge on any atom is 0.413 e. The predicted octanol–water partition coefficient (Wildman–Crippen LogP) is 4.09. The van der Waals surface area contributed by atoms with E-state index in [-0.39, 0.29) is 23.8 Å². The summed E-state index contributed by atoms with van der Waals surface area (Å²) in [6.07, 6.45) is 1.82. The molecule has 164 valence electrons. The molecular weight excluding hydrogens is 402 g/mol. The Morgan fingerprint density at radius 3 is 2.26 bits per heavy atom. The van der Waals surface area contributed by atoms with Crippen molar-refractivity contribution in [3.8, 4) is 11.5 Å². The summed E-state index contributed by atoms with van der Waals surface area (Å²) in [5.74, 6) is -2.70. The Morgan fingerprint density at radius 1 is 1.03 bits per heavy atom. The van der Waals surface area contributed by atoms with Gasteiger partial charge in [0.15, 0.2) is 0 Å². The van der Waals surface area contributed by atoms with Gasteiger partial charge < -0.3 is 25.4 Å². The van der Waals surface area contributed by atoms with Crippen molar-refractivity contribution in [1.29, 1.82) is 0 Å². The highest BCUT2D eigenvalue weighted by atomic mass is 16.6. The van der Waals surface area contributed by atoms with E-state index < -0.39 is 30.5 Å². The Balaban J connectivity index is 2.25. The van der Waals surface area contributed by atoms with Gasteiger partial charge in [0.25, 0.3) is 0 Å². The second-order valence-electron chi connectivity index (χ2n) is 7.21. The molecule has 1 amide bonds. The van der Waals surface area contributed by atoms with E-state index in [1.165, 1.54) is 0 Å². The van der Waals surface area contributed by atoms with Gasteiger partial charge in [-0.1, -0.05) is 56.3 Å². The molecule has 0 aromatic heterocycles. The third-order valence-electron chi connectivity index (χ3n) is 4.43. The summed E-state index contributed by atoms with van der Waals surface area (Å²) in [5.41, 5.74) is 1.91. The topological polar surface area (TPSA) is 133 Å². The van der Waals surface area contributed by atoms with E-state index in [9.17, 15) is 24.6 Å². The van der Waals surface area contributed by atoms with Crippen molar-refractivity contribution in [2.45, 2.75) is 38.6 Å². The van der Waals surface area contributed by atoms with E-state index in [4.69, 9.17) is 9.84 Å². The highest BCUT2D eigenvalue weighted by Gasteiger charge is 2.23. The molecule has 0 aliphatic rings. The summed E-state index contributed by atoms with van der Waals surface area (Å²) in [6.45, 7) is 3.62. The maximum atomic E-state index is 12.3. The average Bonchev–Trinajstić information content (AvgIpc) is 2.69. The summed E-state index contributed by atoms with van der Waals surface area (Å²) in [6, 6.07) is 11.2. The number of phenolic OH excluding ortho intramolecular Hbond substituents is 1. The molecule has 0 aliphatic carbocycles. The van der Waals surface area contributed by atoms with Crippen molar-refractivity contribution in [1.82, 2.24) is 5.32 Å². The molecule has 4 N–H and O–H groups in total. The number of nitrogens with one attached hydrogen (secondary N) is 1. The van der Waals surface area contributed by atoms with Gasteiger partial charge in [0.1, 0.15) is 17.5 Å². The van der Waals surface area contributed by atoms with Gasteiger partial charge in [0.2, 0.25) is 0 Å². The normalized spacial score (nSPS) is 12.0. The number of aromatic hydroxyl groups is 1. The molecule has 0 spiro atoms. The Bertz CT molecular complexity index is 967. The minimum Gasteiger partial charge on any atom is -0.507 e. The van der Waals surface area contributed by atoms with Crippen molar-refractivity contribution in [2.75, 3.05) is 0 Å². The first-order valence-electron chi connectivity index (χ1n) is 9.70. The molecule has 2 rings (SSSR count). The number of phenols is 1. The van der Waals surface area contributed by atoms with E-state index in [1.54, 1.807) is 18.2 Å². The Labute approximate surface area is 179 Å². The largest absolute Gasteiger partial charge is 0.507 e. The van der Waals surface area contributed by atoms with Crippen LogP contribution in [0.25, 0.3) is 12.2 Å². The lowest BCUT2D eigenvalue weighted by atomic mass is 9.98. The molecule has 0 heterocycles. The van der Waals surface area contributed by atoms with E-state index in [0.29, 0.717) is 11.1 Å². The summed E-state index contributed by atoms with van der Waals surface area (Å²) in [4.78, 5) is 34.3. The molecule has 8 heteroatoms. The number of hydrogen-bond acceptors (Lipinski definition) is 5. The van der Waals surface area contributed by atoms with Gasteiger partial charge in [0, 0.05) is 12.0 Å². The Hall–Kier alpha value is -3.81. The molecule has 31 heavy (non-hydrogen) atoms. The molecule has 0 bridgehead atoms. The lowest BCUT2D eigenvalue weighted by Gasteiger charge is -2.18. The molecule has 0 aliphatic heterocycles. The van der Waals surface area contributed by atoms with Gasteiger partial charge in [-0.3, -0.25) is 4.79 Å². The van der Waals surface area contributed by atoms with E-state index in [0.717, 1.165) is 5.56 Å². The van der Waals surface area contributed by atoms with E-state index in [1.807, 2.05) is 50.3 Å². The molecule has 1 atom stereocenters. The number of aliphatic carboxylic acids is 2. The number of carbonyl (C=O) groups excluding carboxylic acids is 1. The highest BCUT2D eigenvalue weighted by Crippen LogP contribution is 2.36. The zero-order valence-electron chi connectivity index (χ0n) is 17.2. The van der Waals surface area contributed by atoms with Crippen LogP contribution in [0.1, 0.15) is 49.3 Å². The molecule has 2 aromatic rings. The van der Waals surface area contributed by atoms with Crippen LogP contribution in [0, 0.1) is 0 Å². The Morgan fingerprint density at radius 2 is 1.68 bits per heavy atom. The van der Waals surface area contributed by atoms with Crippen molar-refractivity contribution < 1.29 is 34.4 Å². The quantitative estimate of drug-likeness (QED) is 0.443. The molecular formula is C23H25NO7. The minimum absolute atomic E-state index is 0.0614. The fourth-order valence-electron chi connectivity index (χ4n) is 2.95. The van der Waals surface area contributed by atoms with Crippen LogP contribution in [0.15, 0.2) is 42.5 Å². The zero-order valence-corrected chi connectivity index (χ0v) is 17.2. The van der Waals surface area contributed by atoms with Gasteiger partial charge in [0.05, 0.1) is 0 Å². The van der Waals surface area contributed by atoms with Crippen LogP contribution >= 0.6 is 0 Å². The smallest absolute Gasteiger partial charge is 0.413 e. The third-order valence-corrected chi connectivity index (χ3v) is 4.43. The van der Waals surface area contributed by atoms with Gasteiger partial charge in [-0.15, -0.1) is 0 Å². The summed E-state index contributed by atoms with van der Waals surface area (Å²) < 4.78 is 5.31. The fourth-order valence-corrected chi connectivity index (χ4v) is 2.95. The molecule has 0 radical (unpaired) electrons. The van der Waals surface area contributed by atoms with E-state index >= 15 is 0 Å². The molecule has 0 fully saturated rings. The molecule has 0 saturated carbocycles. The molecule has 1 unspecified atom stereocenters. The number of benzene rings is 2. The number of carbonyl (C=O) groups is 3. The number of carboxylic acid groups (broad SMARTS) is 2. The molecule has 0 saturated heterocycles. The number of ether oxygens (including phenoxy) is 1. The highest BCUT2D eigenvalue weighted by molar-refractivity contribution is 5.82. The zero-order chi connectivity index (χ0) is 23.0. The number of amides is 1. The van der Waals surface area contributed by atoms with Crippen molar-refractivity contribution in [2.24, 2.45) is 0 Å². The van der Waals surface area contributed by atoms with Crippen LogP contribution in [0.5, 0.6) is 11.5 Å². The van der Waals surface area contributed by atoms with E-state index in [2.05, 4.69) is 5.32 Å². The second-order valence-corrected chi connectivity index (χ2v) is 7.21. The van der Waals surface area contributed by atoms with Crippen LogP contribution in [0.3, 0.4) is 0 Å². The van der Waals surface area contributed by atoms with Crippen molar-refractivity contribution in [3.63, 3.8) is 0 Å². The van der Waals surface area contributed by atoms with Crippen molar-refractivity contribution in [3.05, 3.63) is 59.2 Å². The SMILES string of the molecule is CC(C)c1c(O)cc(/C=C/c2ccccc2)cc1OC(=O)NC(CCC(=O)O)C(=O)O. The van der Waals surface area contributed by atoms with Crippen LogP contribution in [0.2, 0.25) is 0 Å². The summed E-state index contributed by atoms with van der Waals surface area (Å²) in [7, 11) is 0. The van der Waals surface area contributed by atoms with Gasteiger partial charge >= 0.3 is 18.0 Å². The van der Waals surface area contributed by atoms with Crippen LogP contribution in [0.4, 0.5) is 4.79 Å². The Kier molecular flexibility index (Phi) is 8.19. The van der Waals surface area contributed by atoms with Crippen molar-refractivity contribution >= 4 is 30.2 Å². The first-order valence-corrected chi connectivity index (χ1v) is 9.70. The lowest BCUT2D eigenvalue weighted by Crippen LogP contribution is -2.42. The average molecular weight is 427 g/mol. The second kappa shape index (κ2) is 10.8. The first kappa shape index (κ1) is 23.5. The number of hydrogen-bond donors (Lipinski definition) is 4. The number of carboxylic acids is 2. The first-order chi connectivity index (χ1) is 14.7. The predicted molar refractivity (Wildman–Crippen MR) is 115 cm³/mol. The molecule has 8 nitrogen and oxygen atoms in total.